The molecule has 10 aromatic heterocycles. The molecule has 0 saturated heterocycles. The molecule has 34 nitrogen and oxygen atoms in total. The molecular weight excluding hydrogens is 2180 g/mol. The molecule has 698 valence electrons. The summed E-state index contributed by atoms with van der Waals surface area (Å²) in [5.41, 5.74) is -22.2. The van der Waals surface area contributed by atoms with Crippen molar-refractivity contribution in [2.45, 2.75) is 0 Å². The van der Waals surface area contributed by atoms with Crippen molar-refractivity contribution in [2.24, 2.45) is 0 Å². The summed E-state index contributed by atoms with van der Waals surface area (Å²) in [6.45, 7) is 0. The van der Waals surface area contributed by atoms with Crippen LogP contribution in [0.4, 0.5) is 0 Å². The number of rotatable bonds is 0. The molecule has 0 aliphatic carbocycles. The lowest BCUT2D eigenvalue weighted by molar-refractivity contribution is 0.669. The molecule has 0 amide bonds. The largest absolute Gasteiger partial charge is 0.456 e. The molecule has 0 unspecified atom stereocenters. The Morgan fingerprint density at radius 1 is 0.236 bits per heavy atom. The topological polar surface area (TPSA) is 564 Å². The number of benzene rings is 7. The van der Waals surface area contributed by atoms with Gasteiger partial charge in [0.2, 0.25) is 92.3 Å². The van der Waals surface area contributed by atoms with Gasteiger partial charge in [0.25, 0.3) is 70.6 Å². The molecule has 144 heavy (non-hydrogen) atoms. The number of pyridine rings is 1. The van der Waals surface area contributed by atoms with Crippen LogP contribution in [0.5, 0.6) is 0 Å². The smallest absolute Gasteiger partial charge is 0.277 e. The molecule has 0 fully saturated rings. The molecule has 10 heterocycles. The monoisotopic (exact) mass is 2210 g/mol. The van der Waals surface area contributed by atoms with E-state index in [0.29, 0.717) is 49.9 Å². The Labute approximate surface area is 835 Å². The first-order chi connectivity index (χ1) is 68.6. The lowest BCUT2D eigenvalue weighted by atomic mass is 10.1. The van der Waals surface area contributed by atoms with E-state index < -0.39 is 163 Å². The van der Waals surface area contributed by atoms with Crippen molar-refractivity contribution in [3.05, 3.63) is 508 Å². The van der Waals surface area contributed by atoms with Crippen LogP contribution in [-0.2, 0) is 0 Å². The highest BCUT2D eigenvalue weighted by Gasteiger charge is 2.26. The number of para-hydroxylation sites is 3. The Bertz CT molecular complexity index is 11300. The molecule has 27 rings (SSSR count). The first-order valence-electron chi connectivity index (χ1n) is 40.2. The van der Waals surface area contributed by atoms with Gasteiger partial charge in [0, 0.05) is 111 Å². The van der Waals surface area contributed by atoms with E-state index in [-0.39, 0.29) is 101 Å². The third-order valence-electron chi connectivity index (χ3n) is 22.3. The number of furan rings is 1. The fraction of sp³-hybridized carbons (Fsp3) is 0. The van der Waals surface area contributed by atoms with Gasteiger partial charge in [0.15, 0.2) is 0 Å². The molecule has 0 aliphatic rings. The summed E-state index contributed by atoms with van der Waals surface area (Å²) in [4.78, 5) is 348. The summed E-state index contributed by atoms with van der Waals surface area (Å²) < 4.78 is 11.3. The molecule has 0 radical (unpaired) electrons. The van der Waals surface area contributed by atoms with E-state index in [4.69, 9.17) is 27.6 Å². The summed E-state index contributed by atoms with van der Waals surface area (Å²) in [6, 6.07) is 45.2. The highest BCUT2D eigenvalue weighted by atomic mass is 79.9. The molecule has 0 atom stereocenters. The van der Waals surface area contributed by atoms with Crippen molar-refractivity contribution in [2.75, 3.05) is 0 Å². The van der Waals surface area contributed by atoms with Crippen molar-refractivity contribution in [3.63, 3.8) is 0 Å². The maximum atomic E-state index is 11.7. The van der Waals surface area contributed by atoms with Gasteiger partial charge in [-0.1, -0.05) is 89.9 Å². The second-order valence-corrected chi connectivity index (χ2v) is 41.1. The van der Waals surface area contributed by atoms with Gasteiger partial charge in [-0.2, -0.15) is 11.3 Å². The van der Waals surface area contributed by atoms with Gasteiger partial charge >= 0.3 is 0 Å². The summed E-state index contributed by atoms with van der Waals surface area (Å²) in [5.74, 6) is 0. The third kappa shape index (κ3) is 16.4. The number of fused-ring (bicyclic) bond motifs is 20. The Morgan fingerprint density at radius 3 is 1.16 bits per heavy atom. The van der Waals surface area contributed by atoms with E-state index in [2.05, 4.69) is 46.8 Å². The summed E-state index contributed by atoms with van der Waals surface area (Å²) in [6.07, 6.45) is 1.38. The predicted molar refractivity (Wildman–Crippen MR) is 570 cm³/mol. The van der Waals surface area contributed by atoms with Crippen LogP contribution in [0.1, 0.15) is 0 Å². The zero-order valence-electron chi connectivity index (χ0n) is 70.3. The predicted octanol–water partition coefficient (Wildman–Crippen LogP) is 7.07. The fourth-order valence-electron chi connectivity index (χ4n) is 15.4. The molecular formula is C99H31Br2Cl2N3O31S7. The van der Waals surface area contributed by atoms with Crippen molar-refractivity contribution in [1.29, 1.82) is 0 Å². The summed E-state index contributed by atoms with van der Waals surface area (Å²) in [5, 5.41) is 14.6. The van der Waals surface area contributed by atoms with Crippen LogP contribution in [0.2, 0.25) is 8.67 Å². The lowest BCUT2D eigenvalue weighted by Gasteiger charge is -1.94. The van der Waals surface area contributed by atoms with Gasteiger partial charge in [-0.3, -0.25) is 149 Å². The van der Waals surface area contributed by atoms with E-state index in [9.17, 15) is 144 Å². The minimum atomic E-state index is -1.05. The number of hydrogen-bond donors (Lipinski definition) is 0. The first kappa shape index (κ1) is 97.6. The van der Waals surface area contributed by atoms with Gasteiger partial charge in [-0.05, 0) is 139 Å². The van der Waals surface area contributed by atoms with Crippen LogP contribution in [0.15, 0.2) is 341 Å². The summed E-state index contributed by atoms with van der Waals surface area (Å²) in [7, 11) is 0. The average molecular weight is 2210 g/mol. The van der Waals surface area contributed by atoms with Crippen LogP contribution in [0, 0.1) is 0 Å². The molecule has 0 saturated carbocycles. The number of halogens is 4. The molecule has 0 aliphatic heterocycles. The number of nitrogens with zero attached hydrogens (tertiary/aromatic N) is 3. The highest BCUT2D eigenvalue weighted by molar-refractivity contribution is 9.12. The van der Waals surface area contributed by atoms with Crippen molar-refractivity contribution < 1.29 is 4.42 Å². The third-order valence-corrected chi connectivity index (χ3v) is 31.3. The Hall–Kier alpha value is -16.6. The van der Waals surface area contributed by atoms with Crippen molar-refractivity contribution in [1.82, 2.24) is 15.0 Å². The van der Waals surface area contributed by atoms with Gasteiger partial charge in [0.1, 0.15) is 36.4 Å². The fourth-order valence-corrected chi connectivity index (χ4v) is 25.0. The van der Waals surface area contributed by atoms with Crippen molar-refractivity contribution in [3.8, 4) is 0 Å². The maximum absolute atomic E-state index is 11.7. The highest BCUT2D eigenvalue weighted by Crippen LogP contribution is 2.38. The standard InChI is InChI=1S/C15H6O4.C15H6O3S.C11H4N2O3.2C11H4O3S.C8H3NO3.C7Br2O3S.C7Cl2O3S.2C7H2O3S/c2*16-13-9-5-8-7-3-1-2-4-11(7)19-12(8)6-10(9)14(17)15(13)18;14-9-7-8(10(15)11(9)16)13-6-4-2-1-3-5(6)12-7;12-9-6-3-5-1-2-15-8(5)4-7(6)10(13)11(9)14;12-8-7-5-3-1-2-4-6(5)15-11(7)10(14)9(8)13;10-6-4-2-1-3-9-5(4)7(11)8(6)12;2*8-6-1-2(7(9)13-6)4(11)5(12)3(1)10;8-5-3-1-11-2-4(3)6(9)7(5)10;8-4-3-1-2-11-7(3)6(10)5(4)9/h2*1-6H;1-4H;2*1-4H;1-3H;;;2*1-2H. The maximum Gasteiger partial charge on any atom is 0.277 e. The van der Waals surface area contributed by atoms with Gasteiger partial charge in [-0.25, -0.2) is 9.97 Å². The van der Waals surface area contributed by atoms with E-state index in [1.807, 2.05) is 72.1 Å². The van der Waals surface area contributed by atoms with E-state index in [1.54, 1.807) is 83.4 Å². The second-order valence-electron chi connectivity index (χ2n) is 30.5. The number of hydrogen-bond acceptors (Lipinski definition) is 41. The molecule has 27 aromatic rings. The quantitative estimate of drug-likeness (QED) is 0.137. The number of thiophene rings is 7. The van der Waals surface area contributed by atoms with Gasteiger partial charge in [0.05, 0.1) is 60.3 Å². The minimum Gasteiger partial charge on any atom is -0.456 e. The van der Waals surface area contributed by atoms with Crippen LogP contribution >= 0.6 is 134 Å². The molecule has 0 N–H and O–H groups in total. The SMILES string of the molecule is O=c1c(=O)c2c(Br)sc(Br)c2c1=O.O=c1c(=O)c2c(Cl)sc(Cl)c2c1=O.O=c1c(=O)c2cc3ccsc3cc2c1=O.O=c1c(=O)c2cc3oc4ccccc4c3cc2c1=O.O=c1c(=O)c2cc3sc4ccccc4c3cc2c1=O.O=c1c(=O)c2cccnc2c1=O.O=c1c(=O)c2ccsc2c1=O.O=c1c(=O)c2cscc2c1=O.O=c1c(=O)c2nc3ccccc3nc2c1=O.O=c1c(=O)c2sc3ccccc3c2c1=O. The van der Waals surface area contributed by atoms with E-state index >= 15 is 0 Å². The summed E-state index contributed by atoms with van der Waals surface area (Å²) >= 11 is 26.3. The van der Waals surface area contributed by atoms with Crippen molar-refractivity contribution >= 4 is 314 Å². The van der Waals surface area contributed by atoms with E-state index in [1.165, 1.54) is 86.6 Å². The lowest BCUT2D eigenvalue weighted by Crippen LogP contribution is -2.29. The van der Waals surface area contributed by atoms with Crippen LogP contribution in [0.25, 0.3) is 180 Å². The van der Waals surface area contributed by atoms with Gasteiger partial charge < -0.3 is 4.42 Å². The molecule has 45 heteroatoms. The zero-order valence-corrected chi connectivity index (χ0v) is 80.7. The van der Waals surface area contributed by atoms with Gasteiger partial charge in [-0.15, -0.1) is 68.0 Å². The second kappa shape index (κ2) is 37.8. The molecule has 17 aromatic carbocycles. The molecule has 0 spiro atoms. The zero-order chi connectivity index (χ0) is 103. The Kier molecular flexibility index (Phi) is 25.6. The first-order valence-corrected chi connectivity index (χ1v) is 48.5. The number of aromatic nitrogens is 3. The Morgan fingerprint density at radius 2 is 0.618 bits per heavy atom. The van der Waals surface area contributed by atoms with E-state index in [0.717, 1.165) is 68.4 Å². The van der Waals surface area contributed by atoms with Crippen LogP contribution in [-0.4, -0.2) is 15.0 Å². The van der Waals surface area contributed by atoms with Crippen LogP contribution < -0.4 is 163 Å². The van der Waals surface area contributed by atoms with Crippen LogP contribution in [0.3, 0.4) is 0 Å². The Balaban J connectivity index is 0.000000106. The minimum absolute atomic E-state index is 0.0208. The molecule has 0 bridgehead atoms. The average Bonchev–Trinajstić information content (AvgIpc) is 1.57. The normalized spacial score (nSPS) is 11.3.